The van der Waals surface area contributed by atoms with Gasteiger partial charge < -0.3 is 9.84 Å². The van der Waals surface area contributed by atoms with E-state index in [-0.39, 0.29) is 12.5 Å². The van der Waals surface area contributed by atoms with Crippen LogP contribution >= 0.6 is 22.9 Å². The molecule has 1 heterocycles. The van der Waals surface area contributed by atoms with Gasteiger partial charge in [0.2, 0.25) is 0 Å². The van der Waals surface area contributed by atoms with Crippen molar-refractivity contribution >= 4 is 34.0 Å². The van der Waals surface area contributed by atoms with Crippen molar-refractivity contribution in [1.29, 1.82) is 0 Å². The number of aliphatic hydroxyl groups excluding tert-OH is 1. The first-order valence-electron chi connectivity index (χ1n) is 5.84. The van der Waals surface area contributed by atoms with Gasteiger partial charge in [0.15, 0.2) is 5.13 Å². The highest BCUT2D eigenvalue weighted by Crippen LogP contribution is 2.24. The number of rotatable bonds is 3. The van der Waals surface area contributed by atoms with E-state index in [9.17, 15) is 4.79 Å². The number of carbonyl (C=O) groups excluding carboxylic acids is 1. The number of hydrogen-bond acceptors (Lipinski definition) is 5. The second-order valence-corrected chi connectivity index (χ2v) is 5.26. The molecule has 0 atom stereocenters. The monoisotopic (exact) mass is 322 g/mol. The lowest BCUT2D eigenvalue weighted by Crippen LogP contribution is -2.12. The number of methoxy groups -OCH3 is 1. The van der Waals surface area contributed by atoms with Crippen LogP contribution in [0.25, 0.3) is 0 Å². The SMILES string of the molecule is COc1ccc(Cl)cc1C(=O)Nc1ncc(C#CCO)s1. The number of aliphatic hydroxyl groups is 1. The fourth-order valence-corrected chi connectivity index (χ4v) is 2.40. The Morgan fingerprint density at radius 3 is 3.10 bits per heavy atom. The van der Waals surface area contributed by atoms with E-state index in [0.717, 1.165) is 0 Å². The molecule has 1 aromatic carbocycles. The largest absolute Gasteiger partial charge is 0.496 e. The summed E-state index contributed by atoms with van der Waals surface area (Å²) in [6.07, 6.45) is 1.53. The normalized spacial score (nSPS) is 9.67. The van der Waals surface area contributed by atoms with E-state index in [4.69, 9.17) is 21.4 Å². The van der Waals surface area contributed by atoms with Crippen LogP contribution < -0.4 is 10.1 Å². The van der Waals surface area contributed by atoms with Crippen LogP contribution in [-0.4, -0.2) is 29.7 Å². The van der Waals surface area contributed by atoms with Crippen LogP contribution in [0.3, 0.4) is 0 Å². The Morgan fingerprint density at radius 2 is 2.38 bits per heavy atom. The molecule has 7 heteroatoms. The summed E-state index contributed by atoms with van der Waals surface area (Å²) >= 11 is 7.10. The predicted octanol–water partition coefficient (Wildman–Crippen LogP) is 2.40. The van der Waals surface area contributed by atoms with E-state index in [1.165, 1.54) is 30.7 Å². The molecular weight excluding hydrogens is 312 g/mol. The number of amides is 1. The first kappa shape index (κ1) is 15.3. The van der Waals surface area contributed by atoms with E-state index in [1.54, 1.807) is 12.1 Å². The maximum atomic E-state index is 12.2. The van der Waals surface area contributed by atoms with Gasteiger partial charge >= 0.3 is 0 Å². The van der Waals surface area contributed by atoms with Crippen molar-refractivity contribution in [2.75, 3.05) is 19.0 Å². The molecule has 2 N–H and O–H groups in total. The van der Waals surface area contributed by atoms with Crippen LogP contribution in [0, 0.1) is 11.8 Å². The van der Waals surface area contributed by atoms with Gasteiger partial charge in [-0.3, -0.25) is 10.1 Å². The second-order valence-electron chi connectivity index (χ2n) is 3.79. The van der Waals surface area contributed by atoms with Crippen molar-refractivity contribution in [3.05, 3.63) is 39.9 Å². The summed E-state index contributed by atoms with van der Waals surface area (Å²) in [4.78, 5) is 16.9. The molecule has 2 rings (SSSR count). The van der Waals surface area contributed by atoms with Gasteiger partial charge in [-0.15, -0.1) is 0 Å². The van der Waals surface area contributed by atoms with Gasteiger partial charge in [0, 0.05) is 5.02 Å². The topological polar surface area (TPSA) is 71.5 Å². The molecule has 108 valence electrons. The van der Waals surface area contributed by atoms with Gasteiger partial charge in [0.25, 0.3) is 5.91 Å². The average Bonchev–Trinajstić information content (AvgIpc) is 2.92. The maximum Gasteiger partial charge on any atom is 0.261 e. The van der Waals surface area contributed by atoms with Gasteiger partial charge in [-0.25, -0.2) is 4.98 Å². The lowest BCUT2D eigenvalue weighted by molar-refractivity contribution is 0.102. The molecule has 0 aliphatic carbocycles. The Hall–Kier alpha value is -2.07. The van der Waals surface area contributed by atoms with Crippen molar-refractivity contribution in [2.45, 2.75) is 0 Å². The summed E-state index contributed by atoms with van der Waals surface area (Å²) in [5, 5.41) is 12.1. The fraction of sp³-hybridized carbons (Fsp3) is 0.143. The molecule has 0 aliphatic heterocycles. The number of ether oxygens (including phenoxy) is 1. The van der Waals surface area contributed by atoms with Crippen molar-refractivity contribution < 1.29 is 14.6 Å². The van der Waals surface area contributed by atoms with Crippen LogP contribution in [0.1, 0.15) is 15.2 Å². The molecule has 0 bridgehead atoms. The number of anilines is 1. The summed E-state index contributed by atoms with van der Waals surface area (Å²) in [5.74, 6) is 5.29. The summed E-state index contributed by atoms with van der Waals surface area (Å²) in [6.45, 7) is -0.223. The standard InChI is InChI=1S/C14H11ClN2O3S/c1-20-12-5-4-9(15)7-11(12)13(19)17-14-16-8-10(21-14)3-2-6-18/h4-5,7-8,18H,6H2,1H3,(H,16,17,19). The molecular formula is C14H11ClN2O3S. The Morgan fingerprint density at radius 1 is 1.57 bits per heavy atom. The number of carbonyl (C=O) groups is 1. The first-order chi connectivity index (χ1) is 10.1. The van der Waals surface area contributed by atoms with Gasteiger partial charge in [-0.05, 0) is 18.2 Å². The van der Waals surface area contributed by atoms with Crippen LogP contribution in [0.2, 0.25) is 5.02 Å². The molecule has 0 unspecified atom stereocenters. The number of nitrogens with zero attached hydrogens (tertiary/aromatic N) is 1. The predicted molar refractivity (Wildman–Crippen MR) is 82.0 cm³/mol. The van der Waals surface area contributed by atoms with Crippen molar-refractivity contribution in [3.63, 3.8) is 0 Å². The molecule has 0 spiro atoms. The van der Waals surface area contributed by atoms with E-state index >= 15 is 0 Å². The lowest BCUT2D eigenvalue weighted by Gasteiger charge is -2.07. The van der Waals surface area contributed by atoms with Crippen LogP contribution in [0.15, 0.2) is 24.4 Å². The van der Waals surface area contributed by atoms with Crippen molar-refractivity contribution in [3.8, 4) is 17.6 Å². The van der Waals surface area contributed by atoms with Gasteiger partial charge in [-0.2, -0.15) is 0 Å². The van der Waals surface area contributed by atoms with E-state index in [2.05, 4.69) is 22.1 Å². The first-order valence-corrected chi connectivity index (χ1v) is 7.04. The van der Waals surface area contributed by atoms with E-state index in [0.29, 0.717) is 26.3 Å². The molecule has 21 heavy (non-hydrogen) atoms. The average molecular weight is 323 g/mol. The molecule has 0 aliphatic rings. The quantitative estimate of drug-likeness (QED) is 0.851. The highest BCUT2D eigenvalue weighted by molar-refractivity contribution is 7.16. The van der Waals surface area contributed by atoms with Crippen molar-refractivity contribution in [1.82, 2.24) is 4.98 Å². The Labute approximate surface area is 130 Å². The minimum absolute atomic E-state index is 0.223. The number of nitrogens with one attached hydrogen (secondary N) is 1. The molecule has 0 saturated heterocycles. The summed E-state index contributed by atoms with van der Waals surface area (Å²) in [7, 11) is 1.48. The highest BCUT2D eigenvalue weighted by atomic mass is 35.5. The molecule has 0 fully saturated rings. The Bertz CT molecular complexity index is 718. The van der Waals surface area contributed by atoms with Crippen LogP contribution in [0.5, 0.6) is 5.75 Å². The Balaban J connectivity index is 2.18. The smallest absolute Gasteiger partial charge is 0.261 e. The van der Waals surface area contributed by atoms with Crippen LogP contribution in [0.4, 0.5) is 5.13 Å². The van der Waals surface area contributed by atoms with Crippen LogP contribution in [-0.2, 0) is 0 Å². The molecule has 1 aromatic heterocycles. The summed E-state index contributed by atoms with van der Waals surface area (Å²) in [5.41, 5.74) is 0.322. The Kier molecular flexibility index (Phi) is 5.17. The second kappa shape index (κ2) is 7.09. The van der Waals surface area contributed by atoms with Crippen molar-refractivity contribution in [2.24, 2.45) is 0 Å². The zero-order valence-corrected chi connectivity index (χ0v) is 12.6. The number of halogens is 1. The van der Waals surface area contributed by atoms with E-state index in [1.807, 2.05) is 0 Å². The molecule has 1 amide bonds. The number of benzene rings is 1. The van der Waals surface area contributed by atoms with Gasteiger partial charge in [0.05, 0.1) is 23.7 Å². The molecule has 0 radical (unpaired) electrons. The maximum absolute atomic E-state index is 12.2. The third kappa shape index (κ3) is 3.95. The third-order valence-corrected chi connectivity index (χ3v) is 3.49. The molecule has 5 nitrogen and oxygen atoms in total. The highest BCUT2D eigenvalue weighted by Gasteiger charge is 2.14. The number of hydrogen-bond donors (Lipinski definition) is 2. The zero-order valence-electron chi connectivity index (χ0n) is 11.0. The third-order valence-electron chi connectivity index (χ3n) is 2.42. The number of aromatic nitrogens is 1. The minimum Gasteiger partial charge on any atom is -0.496 e. The molecule has 0 saturated carbocycles. The minimum atomic E-state index is -0.370. The van der Waals surface area contributed by atoms with Gasteiger partial charge in [0.1, 0.15) is 12.4 Å². The summed E-state index contributed by atoms with van der Waals surface area (Å²) in [6, 6.07) is 4.79. The lowest BCUT2D eigenvalue weighted by atomic mass is 10.2. The van der Waals surface area contributed by atoms with Gasteiger partial charge in [-0.1, -0.05) is 34.8 Å². The zero-order chi connectivity index (χ0) is 15.2. The summed E-state index contributed by atoms with van der Waals surface area (Å²) < 4.78 is 5.13. The van der Waals surface area contributed by atoms with E-state index < -0.39 is 0 Å². The molecule has 2 aromatic rings. The number of thiazole rings is 1. The fourth-order valence-electron chi connectivity index (χ4n) is 1.54.